The Kier molecular flexibility index (Phi) is 9.65. The van der Waals surface area contributed by atoms with Crippen LogP contribution in [0.5, 0.6) is 5.75 Å². The van der Waals surface area contributed by atoms with E-state index >= 15 is 0 Å². The number of benzene rings is 2. The van der Waals surface area contributed by atoms with E-state index in [4.69, 9.17) is 0 Å². The summed E-state index contributed by atoms with van der Waals surface area (Å²) in [6.07, 6.45) is -4.20. The highest BCUT2D eigenvalue weighted by atomic mass is 19.4. The predicted molar refractivity (Wildman–Crippen MR) is 122 cm³/mol. The van der Waals surface area contributed by atoms with Crippen LogP contribution in [0.1, 0.15) is 93.9 Å². The van der Waals surface area contributed by atoms with Gasteiger partial charge in [-0.2, -0.15) is 8.78 Å². The van der Waals surface area contributed by atoms with E-state index in [-0.39, 0.29) is 11.5 Å². The molecule has 1 saturated carbocycles. The first-order chi connectivity index (χ1) is 17.7. The first-order valence-corrected chi connectivity index (χ1v) is 12.5. The van der Waals surface area contributed by atoms with E-state index in [1.54, 1.807) is 0 Å². The second-order valence-electron chi connectivity index (χ2n) is 9.71. The molecule has 0 amide bonds. The molecule has 0 aromatic heterocycles. The van der Waals surface area contributed by atoms with Crippen LogP contribution in [0.4, 0.5) is 39.5 Å². The molecular formula is C27H29F9O2. The summed E-state index contributed by atoms with van der Waals surface area (Å²) >= 11 is 0. The standard InChI is InChI=1S/C27H29F9O2/c1-3-4-5-6-16-7-9-17(10-8-16)19-13-20(28)24(21(29)14-19)26(32,33)37-15(2)18-11-22(30)25(23(31)12-18)38-27(34,35)36/h11-17H,3-10H2,1-2H3. The molecule has 3 rings (SSSR count). The van der Waals surface area contributed by atoms with Crippen LogP contribution in [-0.2, 0) is 10.8 Å². The number of hydrogen-bond donors (Lipinski definition) is 0. The van der Waals surface area contributed by atoms with Gasteiger partial charge in [-0.25, -0.2) is 17.6 Å². The number of unbranched alkanes of at least 4 members (excludes halogenated alkanes) is 2. The Bertz CT molecular complexity index is 1050. The summed E-state index contributed by atoms with van der Waals surface area (Å²) in [7, 11) is 0. The summed E-state index contributed by atoms with van der Waals surface area (Å²) in [6.45, 7) is 3.02. The van der Waals surface area contributed by atoms with Gasteiger partial charge in [0.05, 0.1) is 6.10 Å². The average Bonchev–Trinajstić information content (AvgIpc) is 2.80. The van der Waals surface area contributed by atoms with E-state index in [9.17, 15) is 39.5 Å². The smallest absolute Gasteiger partial charge is 0.399 e. The fourth-order valence-electron chi connectivity index (χ4n) is 4.95. The molecule has 2 aromatic carbocycles. The molecule has 38 heavy (non-hydrogen) atoms. The third-order valence-electron chi connectivity index (χ3n) is 6.92. The zero-order valence-electron chi connectivity index (χ0n) is 20.9. The van der Waals surface area contributed by atoms with Crippen molar-refractivity contribution in [2.75, 3.05) is 0 Å². The molecule has 212 valence electrons. The van der Waals surface area contributed by atoms with Gasteiger partial charge in [-0.3, -0.25) is 0 Å². The largest absolute Gasteiger partial charge is 0.573 e. The third-order valence-corrected chi connectivity index (χ3v) is 6.92. The summed E-state index contributed by atoms with van der Waals surface area (Å²) < 4.78 is 132. The minimum Gasteiger partial charge on any atom is -0.399 e. The Morgan fingerprint density at radius 1 is 0.816 bits per heavy atom. The number of ether oxygens (including phenoxy) is 2. The summed E-state index contributed by atoms with van der Waals surface area (Å²) in [5, 5.41) is 0. The summed E-state index contributed by atoms with van der Waals surface area (Å²) in [5.74, 6) is -8.12. The van der Waals surface area contributed by atoms with Crippen LogP contribution in [-0.4, -0.2) is 6.36 Å². The van der Waals surface area contributed by atoms with Crippen molar-refractivity contribution >= 4 is 0 Å². The zero-order chi connectivity index (χ0) is 28.3. The zero-order valence-corrected chi connectivity index (χ0v) is 20.9. The Morgan fingerprint density at radius 3 is 1.87 bits per heavy atom. The van der Waals surface area contributed by atoms with Crippen molar-refractivity contribution in [2.45, 2.75) is 89.7 Å². The van der Waals surface area contributed by atoms with Gasteiger partial charge in [-0.1, -0.05) is 32.6 Å². The average molecular weight is 557 g/mol. The molecule has 1 aliphatic carbocycles. The fourth-order valence-corrected chi connectivity index (χ4v) is 4.95. The monoisotopic (exact) mass is 556 g/mol. The van der Waals surface area contributed by atoms with Gasteiger partial charge in [0, 0.05) is 0 Å². The highest BCUT2D eigenvalue weighted by molar-refractivity contribution is 5.33. The molecule has 2 aromatic rings. The molecule has 0 bridgehead atoms. The molecule has 1 fully saturated rings. The van der Waals surface area contributed by atoms with Gasteiger partial charge in [0.15, 0.2) is 11.6 Å². The highest BCUT2D eigenvalue weighted by Crippen LogP contribution is 2.42. The lowest BCUT2D eigenvalue weighted by molar-refractivity contribution is -0.276. The topological polar surface area (TPSA) is 18.5 Å². The van der Waals surface area contributed by atoms with Crippen LogP contribution in [0.3, 0.4) is 0 Å². The van der Waals surface area contributed by atoms with Crippen molar-refractivity contribution < 1.29 is 49.0 Å². The lowest BCUT2D eigenvalue weighted by Gasteiger charge is -2.29. The Labute approximate surface area is 215 Å². The van der Waals surface area contributed by atoms with Crippen molar-refractivity contribution in [1.29, 1.82) is 0 Å². The molecule has 2 nitrogen and oxygen atoms in total. The van der Waals surface area contributed by atoms with E-state index in [0.29, 0.717) is 30.9 Å². The molecule has 1 unspecified atom stereocenters. The van der Waals surface area contributed by atoms with Crippen molar-refractivity contribution in [3.63, 3.8) is 0 Å². The number of hydrogen-bond acceptors (Lipinski definition) is 2. The van der Waals surface area contributed by atoms with Crippen LogP contribution in [0.15, 0.2) is 24.3 Å². The van der Waals surface area contributed by atoms with E-state index < -0.39 is 58.7 Å². The van der Waals surface area contributed by atoms with Crippen molar-refractivity contribution in [3.8, 4) is 5.75 Å². The minimum atomic E-state index is -5.40. The molecule has 0 N–H and O–H groups in total. The molecule has 1 aliphatic rings. The first-order valence-electron chi connectivity index (χ1n) is 12.5. The first kappa shape index (κ1) is 30.1. The number of halogens is 9. The molecule has 1 atom stereocenters. The van der Waals surface area contributed by atoms with E-state index in [1.165, 1.54) is 0 Å². The molecule has 0 radical (unpaired) electrons. The van der Waals surface area contributed by atoms with Crippen LogP contribution >= 0.6 is 0 Å². The van der Waals surface area contributed by atoms with E-state index in [2.05, 4.69) is 16.4 Å². The van der Waals surface area contributed by atoms with Gasteiger partial charge in [-0.05, 0) is 79.8 Å². The van der Waals surface area contributed by atoms with Gasteiger partial charge in [0.2, 0.25) is 5.75 Å². The maximum atomic E-state index is 14.8. The van der Waals surface area contributed by atoms with Crippen LogP contribution in [0.2, 0.25) is 0 Å². The summed E-state index contributed by atoms with van der Waals surface area (Å²) in [4.78, 5) is 0. The second-order valence-corrected chi connectivity index (χ2v) is 9.71. The second kappa shape index (κ2) is 12.2. The lowest BCUT2D eigenvalue weighted by Crippen LogP contribution is -2.24. The molecular weight excluding hydrogens is 527 g/mol. The normalized spacial score (nSPS) is 19.4. The predicted octanol–water partition coefficient (Wildman–Crippen LogP) is 9.82. The summed E-state index contributed by atoms with van der Waals surface area (Å²) in [6, 6.07) is 2.31. The Morgan fingerprint density at radius 2 is 1.37 bits per heavy atom. The van der Waals surface area contributed by atoms with Gasteiger partial charge in [0.25, 0.3) is 0 Å². The Balaban J connectivity index is 1.73. The van der Waals surface area contributed by atoms with Crippen LogP contribution in [0, 0.1) is 29.2 Å². The Hall–Kier alpha value is -2.43. The van der Waals surface area contributed by atoms with Crippen LogP contribution < -0.4 is 4.74 Å². The van der Waals surface area contributed by atoms with Crippen molar-refractivity contribution in [3.05, 3.63) is 64.2 Å². The minimum absolute atomic E-state index is 0.174. The maximum absolute atomic E-state index is 14.8. The highest BCUT2D eigenvalue weighted by Gasteiger charge is 2.42. The van der Waals surface area contributed by atoms with Gasteiger partial charge in [0.1, 0.15) is 17.2 Å². The molecule has 11 heteroatoms. The lowest BCUT2D eigenvalue weighted by atomic mass is 9.77. The molecule has 0 heterocycles. The van der Waals surface area contributed by atoms with Gasteiger partial charge in [-0.15, -0.1) is 13.2 Å². The maximum Gasteiger partial charge on any atom is 0.573 e. The third kappa shape index (κ3) is 7.57. The quantitative estimate of drug-likeness (QED) is 0.214. The fraction of sp³-hybridized carbons (Fsp3) is 0.556. The summed E-state index contributed by atoms with van der Waals surface area (Å²) in [5.41, 5.74) is -2.04. The van der Waals surface area contributed by atoms with Gasteiger partial charge < -0.3 is 9.47 Å². The van der Waals surface area contributed by atoms with Crippen molar-refractivity contribution in [2.24, 2.45) is 5.92 Å². The van der Waals surface area contributed by atoms with Crippen molar-refractivity contribution in [1.82, 2.24) is 0 Å². The SMILES string of the molecule is CCCCCC1CCC(c2cc(F)c(C(F)(F)OC(C)c3cc(F)c(OC(F)(F)F)c(F)c3)c(F)c2)CC1. The molecule has 0 aliphatic heterocycles. The van der Waals surface area contributed by atoms with Gasteiger partial charge >= 0.3 is 12.5 Å². The van der Waals surface area contributed by atoms with Crippen LogP contribution in [0.25, 0.3) is 0 Å². The number of alkyl halides is 5. The van der Waals surface area contributed by atoms with E-state index in [1.807, 2.05) is 0 Å². The molecule has 0 spiro atoms. The number of rotatable bonds is 10. The molecule has 0 saturated heterocycles. The van der Waals surface area contributed by atoms with E-state index in [0.717, 1.165) is 57.6 Å².